The van der Waals surface area contributed by atoms with Crippen LogP contribution in [0.3, 0.4) is 0 Å². The molecule has 1 aliphatic heterocycles. The standard InChI is InChI=1S/C15H23N3O/c1-11-4-5-14(8-12(11)2)18-10-13(6-7-16)9-17(3)15(18)19/h4-5,8,13H,6-7,9-10,16H2,1-3H3. The number of aryl methyl sites for hydroxylation is 2. The van der Waals surface area contributed by atoms with Crippen LogP contribution in [0, 0.1) is 19.8 Å². The molecular weight excluding hydrogens is 238 g/mol. The summed E-state index contributed by atoms with van der Waals surface area (Å²) < 4.78 is 0. The first-order chi connectivity index (χ1) is 9.02. The van der Waals surface area contributed by atoms with Crippen LogP contribution in [-0.4, -0.2) is 37.6 Å². The minimum absolute atomic E-state index is 0.0801. The van der Waals surface area contributed by atoms with Gasteiger partial charge in [0.2, 0.25) is 0 Å². The van der Waals surface area contributed by atoms with Crippen LogP contribution in [-0.2, 0) is 0 Å². The lowest BCUT2D eigenvalue weighted by molar-refractivity contribution is 0.191. The molecule has 0 radical (unpaired) electrons. The van der Waals surface area contributed by atoms with Crippen molar-refractivity contribution in [3.8, 4) is 0 Å². The van der Waals surface area contributed by atoms with E-state index in [0.29, 0.717) is 12.5 Å². The van der Waals surface area contributed by atoms with Crippen LogP contribution in [0.1, 0.15) is 17.5 Å². The molecule has 1 fully saturated rings. The Balaban J connectivity index is 2.24. The first kappa shape index (κ1) is 13.9. The number of nitrogens with zero attached hydrogens (tertiary/aromatic N) is 2. The lowest BCUT2D eigenvalue weighted by Gasteiger charge is -2.38. The molecule has 0 spiro atoms. The van der Waals surface area contributed by atoms with Gasteiger partial charge < -0.3 is 10.6 Å². The van der Waals surface area contributed by atoms with Crippen LogP contribution in [0.5, 0.6) is 0 Å². The molecule has 0 aromatic heterocycles. The van der Waals surface area contributed by atoms with E-state index in [1.165, 1.54) is 11.1 Å². The number of anilines is 1. The number of carbonyl (C=O) groups is 1. The Morgan fingerprint density at radius 1 is 1.26 bits per heavy atom. The van der Waals surface area contributed by atoms with E-state index in [2.05, 4.69) is 26.0 Å². The molecule has 1 atom stereocenters. The Kier molecular flexibility index (Phi) is 4.10. The van der Waals surface area contributed by atoms with Gasteiger partial charge in [-0.3, -0.25) is 4.90 Å². The number of benzene rings is 1. The van der Waals surface area contributed by atoms with Gasteiger partial charge in [-0.05, 0) is 56.0 Å². The van der Waals surface area contributed by atoms with Gasteiger partial charge in [-0.2, -0.15) is 0 Å². The summed E-state index contributed by atoms with van der Waals surface area (Å²) in [4.78, 5) is 16.0. The first-order valence-corrected chi connectivity index (χ1v) is 6.83. The maximum atomic E-state index is 12.3. The quantitative estimate of drug-likeness (QED) is 0.906. The molecule has 2 rings (SSSR count). The Morgan fingerprint density at radius 3 is 2.63 bits per heavy atom. The predicted octanol–water partition coefficient (Wildman–Crippen LogP) is 2.14. The minimum Gasteiger partial charge on any atom is -0.330 e. The van der Waals surface area contributed by atoms with E-state index >= 15 is 0 Å². The van der Waals surface area contributed by atoms with E-state index in [9.17, 15) is 4.79 Å². The average molecular weight is 261 g/mol. The third-order valence-corrected chi connectivity index (χ3v) is 3.91. The summed E-state index contributed by atoms with van der Waals surface area (Å²) >= 11 is 0. The summed E-state index contributed by atoms with van der Waals surface area (Å²) in [5.74, 6) is 0.453. The number of hydrogen-bond donors (Lipinski definition) is 1. The second kappa shape index (κ2) is 5.61. The second-order valence-corrected chi connectivity index (χ2v) is 5.49. The zero-order chi connectivity index (χ0) is 14.0. The molecule has 1 unspecified atom stereocenters. The molecule has 19 heavy (non-hydrogen) atoms. The monoisotopic (exact) mass is 261 g/mol. The van der Waals surface area contributed by atoms with Gasteiger partial charge in [0.25, 0.3) is 0 Å². The number of carbonyl (C=O) groups excluding carboxylic acids is 1. The fourth-order valence-electron chi connectivity index (χ4n) is 2.59. The molecule has 0 bridgehead atoms. The van der Waals surface area contributed by atoms with Gasteiger partial charge in [0.1, 0.15) is 0 Å². The van der Waals surface area contributed by atoms with Crippen molar-refractivity contribution in [2.24, 2.45) is 11.7 Å². The predicted molar refractivity (Wildman–Crippen MR) is 78.4 cm³/mol. The van der Waals surface area contributed by atoms with Crippen LogP contribution in [0.2, 0.25) is 0 Å². The highest BCUT2D eigenvalue weighted by atomic mass is 16.2. The van der Waals surface area contributed by atoms with E-state index in [1.807, 2.05) is 18.0 Å². The number of amides is 2. The molecule has 4 nitrogen and oxygen atoms in total. The summed E-state index contributed by atoms with van der Waals surface area (Å²) in [7, 11) is 1.86. The number of urea groups is 1. The van der Waals surface area contributed by atoms with Crippen molar-refractivity contribution in [2.75, 3.05) is 31.6 Å². The van der Waals surface area contributed by atoms with Crippen molar-refractivity contribution < 1.29 is 4.79 Å². The van der Waals surface area contributed by atoms with Gasteiger partial charge in [0, 0.05) is 25.8 Å². The molecule has 1 aromatic rings. The highest BCUT2D eigenvalue weighted by molar-refractivity contribution is 5.92. The van der Waals surface area contributed by atoms with Crippen LogP contribution < -0.4 is 10.6 Å². The molecule has 104 valence electrons. The molecule has 1 aromatic carbocycles. The molecule has 0 aliphatic carbocycles. The van der Waals surface area contributed by atoms with Crippen LogP contribution in [0.25, 0.3) is 0 Å². The smallest absolute Gasteiger partial charge is 0.324 e. The fraction of sp³-hybridized carbons (Fsp3) is 0.533. The first-order valence-electron chi connectivity index (χ1n) is 6.83. The van der Waals surface area contributed by atoms with Crippen molar-refractivity contribution in [1.82, 2.24) is 4.90 Å². The second-order valence-electron chi connectivity index (χ2n) is 5.49. The van der Waals surface area contributed by atoms with Crippen LogP contribution in [0.15, 0.2) is 18.2 Å². The zero-order valence-corrected chi connectivity index (χ0v) is 12.0. The topological polar surface area (TPSA) is 49.6 Å². The normalized spacial score (nSPS) is 20.0. The largest absolute Gasteiger partial charge is 0.330 e. The van der Waals surface area contributed by atoms with Crippen molar-refractivity contribution in [3.05, 3.63) is 29.3 Å². The maximum Gasteiger partial charge on any atom is 0.324 e. The van der Waals surface area contributed by atoms with Gasteiger partial charge in [-0.1, -0.05) is 6.07 Å². The highest BCUT2D eigenvalue weighted by Gasteiger charge is 2.30. The number of nitrogens with two attached hydrogens (primary N) is 1. The summed E-state index contributed by atoms with van der Waals surface area (Å²) in [6, 6.07) is 6.27. The van der Waals surface area contributed by atoms with Crippen molar-refractivity contribution in [2.45, 2.75) is 20.3 Å². The highest BCUT2D eigenvalue weighted by Crippen LogP contribution is 2.25. The summed E-state index contributed by atoms with van der Waals surface area (Å²) in [6.07, 6.45) is 0.957. The molecule has 4 heteroatoms. The lowest BCUT2D eigenvalue weighted by atomic mass is 10.0. The molecule has 1 aliphatic rings. The Hall–Kier alpha value is -1.55. The Labute approximate surface area is 115 Å². The molecule has 2 N–H and O–H groups in total. The third-order valence-electron chi connectivity index (χ3n) is 3.91. The fourth-order valence-corrected chi connectivity index (χ4v) is 2.59. The molecule has 2 amide bonds. The van der Waals surface area contributed by atoms with Gasteiger partial charge in [0.05, 0.1) is 0 Å². The maximum absolute atomic E-state index is 12.3. The number of rotatable bonds is 3. The Bertz CT molecular complexity index is 472. The SMILES string of the molecule is Cc1ccc(N2CC(CCN)CN(C)C2=O)cc1C. The molecule has 0 saturated carbocycles. The van der Waals surface area contributed by atoms with E-state index < -0.39 is 0 Å². The van der Waals surface area contributed by atoms with Crippen molar-refractivity contribution >= 4 is 11.7 Å². The summed E-state index contributed by atoms with van der Waals surface area (Å²) in [6.45, 7) is 6.41. The number of hydrogen-bond acceptors (Lipinski definition) is 2. The van der Waals surface area contributed by atoms with Gasteiger partial charge in [-0.25, -0.2) is 4.79 Å². The van der Waals surface area contributed by atoms with Crippen molar-refractivity contribution in [1.29, 1.82) is 0 Å². The molecular formula is C15H23N3O. The minimum atomic E-state index is 0.0801. The summed E-state index contributed by atoms with van der Waals surface area (Å²) in [5.41, 5.74) is 9.10. The van der Waals surface area contributed by atoms with E-state index in [0.717, 1.165) is 25.2 Å². The summed E-state index contributed by atoms with van der Waals surface area (Å²) in [5, 5.41) is 0. The third kappa shape index (κ3) is 2.89. The van der Waals surface area contributed by atoms with E-state index in [-0.39, 0.29) is 6.03 Å². The molecule has 1 saturated heterocycles. The molecule has 1 heterocycles. The van der Waals surface area contributed by atoms with E-state index in [1.54, 1.807) is 4.90 Å². The van der Waals surface area contributed by atoms with E-state index in [4.69, 9.17) is 5.73 Å². The zero-order valence-electron chi connectivity index (χ0n) is 12.0. The lowest BCUT2D eigenvalue weighted by Crippen LogP contribution is -2.52. The van der Waals surface area contributed by atoms with Gasteiger partial charge >= 0.3 is 6.03 Å². The van der Waals surface area contributed by atoms with Gasteiger partial charge in [0.15, 0.2) is 0 Å². The van der Waals surface area contributed by atoms with Gasteiger partial charge in [-0.15, -0.1) is 0 Å². The van der Waals surface area contributed by atoms with Crippen LogP contribution >= 0.6 is 0 Å². The van der Waals surface area contributed by atoms with Crippen molar-refractivity contribution in [3.63, 3.8) is 0 Å². The Morgan fingerprint density at radius 2 is 2.00 bits per heavy atom. The van der Waals surface area contributed by atoms with Crippen LogP contribution in [0.4, 0.5) is 10.5 Å². The average Bonchev–Trinajstić information content (AvgIpc) is 2.37.